The van der Waals surface area contributed by atoms with Gasteiger partial charge in [0.05, 0.1) is 9.83 Å². The van der Waals surface area contributed by atoms with Crippen LogP contribution in [0.1, 0.15) is 22.7 Å². The number of nitrogens with zero attached hydrogens (tertiary/aromatic N) is 1. The summed E-state index contributed by atoms with van der Waals surface area (Å²) in [6.07, 6.45) is 3.67. The lowest BCUT2D eigenvalue weighted by atomic mass is 10.0. The number of pyridine rings is 1. The molecule has 0 spiro atoms. The van der Waals surface area contributed by atoms with Gasteiger partial charge in [-0.25, -0.2) is 5.43 Å². The van der Waals surface area contributed by atoms with Crippen LogP contribution in [0.25, 0.3) is 0 Å². The van der Waals surface area contributed by atoms with Crippen molar-refractivity contribution in [1.82, 2.24) is 10.4 Å². The van der Waals surface area contributed by atoms with E-state index in [1.165, 1.54) is 0 Å². The molecule has 5 heteroatoms. The van der Waals surface area contributed by atoms with E-state index in [1.54, 1.807) is 11.3 Å². The average molecular weight is 298 g/mol. The van der Waals surface area contributed by atoms with Gasteiger partial charge in [-0.2, -0.15) is 0 Å². The fourth-order valence-corrected chi connectivity index (χ4v) is 2.80. The first-order valence-electron chi connectivity index (χ1n) is 4.82. The van der Waals surface area contributed by atoms with E-state index in [-0.39, 0.29) is 6.04 Å². The number of hydrogen-bond acceptors (Lipinski definition) is 4. The van der Waals surface area contributed by atoms with Crippen molar-refractivity contribution in [3.05, 3.63) is 50.4 Å². The highest BCUT2D eigenvalue weighted by atomic mass is 79.9. The smallest absolute Gasteiger partial charge is 0.0733 e. The highest BCUT2D eigenvalue weighted by Gasteiger charge is 2.14. The number of aromatic nitrogens is 1. The van der Waals surface area contributed by atoms with Crippen molar-refractivity contribution < 1.29 is 0 Å². The molecular formula is C11H12BrN3S. The first-order chi connectivity index (χ1) is 7.70. The molecule has 0 fully saturated rings. The Balaban J connectivity index is 2.36. The maximum Gasteiger partial charge on any atom is 0.0733 e. The molecule has 0 bridgehead atoms. The second-order valence-electron chi connectivity index (χ2n) is 3.58. The van der Waals surface area contributed by atoms with Crippen molar-refractivity contribution in [2.45, 2.75) is 13.0 Å². The summed E-state index contributed by atoms with van der Waals surface area (Å²) < 4.78 is 1.10. The molecule has 2 aromatic rings. The zero-order valence-electron chi connectivity index (χ0n) is 8.77. The van der Waals surface area contributed by atoms with Crippen LogP contribution in [0.3, 0.4) is 0 Å². The third-order valence-electron chi connectivity index (χ3n) is 2.32. The zero-order chi connectivity index (χ0) is 11.5. The van der Waals surface area contributed by atoms with Crippen molar-refractivity contribution in [1.29, 1.82) is 0 Å². The molecule has 3 nitrogen and oxygen atoms in total. The Morgan fingerprint density at radius 3 is 2.75 bits per heavy atom. The summed E-state index contributed by atoms with van der Waals surface area (Å²) in [7, 11) is 0. The van der Waals surface area contributed by atoms with Gasteiger partial charge in [0, 0.05) is 12.4 Å². The minimum absolute atomic E-state index is 0.00468. The van der Waals surface area contributed by atoms with Crippen LogP contribution in [0.2, 0.25) is 0 Å². The molecule has 3 N–H and O–H groups in total. The van der Waals surface area contributed by atoms with Crippen LogP contribution in [-0.2, 0) is 0 Å². The molecule has 1 unspecified atom stereocenters. The Morgan fingerprint density at radius 1 is 1.38 bits per heavy atom. The summed E-state index contributed by atoms with van der Waals surface area (Å²) in [5.41, 5.74) is 6.17. The summed E-state index contributed by atoms with van der Waals surface area (Å²) in [4.78, 5) is 4.18. The number of rotatable bonds is 3. The fourth-order valence-electron chi connectivity index (χ4n) is 1.60. The van der Waals surface area contributed by atoms with Gasteiger partial charge in [0.15, 0.2) is 0 Å². The highest BCUT2D eigenvalue weighted by molar-refractivity contribution is 9.11. The van der Waals surface area contributed by atoms with Crippen LogP contribution in [0.4, 0.5) is 0 Å². The predicted molar refractivity (Wildman–Crippen MR) is 70.2 cm³/mol. The van der Waals surface area contributed by atoms with Crippen LogP contribution in [0.15, 0.2) is 33.7 Å². The number of nitrogens with one attached hydrogen (secondary N) is 1. The van der Waals surface area contributed by atoms with E-state index < -0.39 is 0 Å². The topological polar surface area (TPSA) is 50.9 Å². The first kappa shape index (κ1) is 11.7. The molecule has 0 saturated heterocycles. The number of hydrazine groups is 1. The van der Waals surface area contributed by atoms with E-state index >= 15 is 0 Å². The van der Waals surface area contributed by atoms with Gasteiger partial charge in [-0.3, -0.25) is 10.8 Å². The fraction of sp³-hybridized carbons (Fsp3) is 0.182. The summed E-state index contributed by atoms with van der Waals surface area (Å²) in [6, 6.07) is 4.15. The van der Waals surface area contributed by atoms with Gasteiger partial charge in [0.25, 0.3) is 0 Å². The molecule has 0 aliphatic heterocycles. The van der Waals surface area contributed by atoms with Crippen LogP contribution >= 0.6 is 27.3 Å². The lowest BCUT2D eigenvalue weighted by Crippen LogP contribution is -2.28. The molecule has 2 rings (SSSR count). The number of halogens is 1. The predicted octanol–water partition coefficient (Wildman–Crippen LogP) is 2.77. The zero-order valence-corrected chi connectivity index (χ0v) is 11.2. The summed E-state index contributed by atoms with van der Waals surface area (Å²) in [6.45, 7) is 2.02. The van der Waals surface area contributed by atoms with Gasteiger partial charge in [-0.15, -0.1) is 11.3 Å². The SMILES string of the molecule is Cc1cncc(C(NN)c2csc(Br)c2)c1. The standard InChI is InChI=1S/C11H12BrN3S/c1-7-2-8(5-14-4-7)11(15-13)9-3-10(12)16-6-9/h2-6,11,15H,13H2,1H3. The Labute approximate surface area is 107 Å². The number of thiophene rings is 1. The van der Waals surface area contributed by atoms with E-state index in [0.29, 0.717) is 0 Å². The maximum atomic E-state index is 5.61. The van der Waals surface area contributed by atoms with Crippen molar-refractivity contribution in [3.8, 4) is 0 Å². The van der Waals surface area contributed by atoms with Gasteiger partial charge in [0.2, 0.25) is 0 Å². The quantitative estimate of drug-likeness (QED) is 0.677. The number of aryl methyl sites for hydroxylation is 1. The molecule has 84 valence electrons. The largest absolute Gasteiger partial charge is 0.271 e. The molecular weight excluding hydrogens is 286 g/mol. The molecule has 2 heterocycles. The molecule has 0 saturated carbocycles. The van der Waals surface area contributed by atoms with E-state index in [9.17, 15) is 0 Å². The number of hydrogen-bond donors (Lipinski definition) is 2. The Kier molecular flexibility index (Phi) is 3.70. The van der Waals surface area contributed by atoms with Crippen LogP contribution in [-0.4, -0.2) is 4.98 Å². The van der Waals surface area contributed by atoms with E-state index in [1.807, 2.05) is 19.3 Å². The second-order valence-corrected chi connectivity index (χ2v) is 5.87. The molecule has 1 atom stereocenters. The lowest BCUT2D eigenvalue weighted by Gasteiger charge is -2.14. The normalized spacial score (nSPS) is 12.7. The number of nitrogens with two attached hydrogens (primary N) is 1. The minimum Gasteiger partial charge on any atom is -0.271 e. The third-order valence-corrected chi connectivity index (χ3v) is 3.84. The van der Waals surface area contributed by atoms with E-state index in [2.05, 4.69) is 43.9 Å². The monoisotopic (exact) mass is 297 g/mol. The molecule has 16 heavy (non-hydrogen) atoms. The molecule has 0 aliphatic rings. The molecule has 0 radical (unpaired) electrons. The molecule has 2 aromatic heterocycles. The van der Waals surface area contributed by atoms with Crippen molar-refractivity contribution in [3.63, 3.8) is 0 Å². The van der Waals surface area contributed by atoms with Gasteiger partial charge in [-0.05, 0) is 51.0 Å². The third kappa shape index (κ3) is 2.49. The summed E-state index contributed by atoms with van der Waals surface area (Å²) in [5.74, 6) is 5.61. The van der Waals surface area contributed by atoms with Crippen molar-refractivity contribution in [2.24, 2.45) is 5.84 Å². The van der Waals surface area contributed by atoms with Gasteiger partial charge in [-0.1, -0.05) is 6.07 Å². The summed E-state index contributed by atoms with van der Waals surface area (Å²) >= 11 is 5.10. The van der Waals surface area contributed by atoms with Crippen LogP contribution in [0.5, 0.6) is 0 Å². The summed E-state index contributed by atoms with van der Waals surface area (Å²) in [5, 5.41) is 2.08. The van der Waals surface area contributed by atoms with Gasteiger partial charge in [0.1, 0.15) is 0 Å². The van der Waals surface area contributed by atoms with Crippen LogP contribution in [0, 0.1) is 6.92 Å². The highest BCUT2D eigenvalue weighted by Crippen LogP contribution is 2.28. The van der Waals surface area contributed by atoms with Crippen LogP contribution < -0.4 is 11.3 Å². The van der Waals surface area contributed by atoms with Crippen molar-refractivity contribution in [2.75, 3.05) is 0 Å². The average Bonchev–Trinajstić information content (AvgIpc) is 2.66. The van der Waals surface area contributed by atoms with Gasteiger partial charge < -0.3 is 0 Å². The second kappa shape index (κ2) is 5.05. The minimum atomic E-state index is -0.00468. The van der Waals surface area contributed by atoms with E-state index in [0.717, 1.165) is 20.5 Å². The Morgan fingerprint density at radius 2 is 2.19 bits per heavy atom. The molecule has 0 aromatic carbocycles. The maximum absolute atomic E-state index is 5.61. The Hall–Kier alpha value is -0.750. The van der Waals surface area contributed by atoms with Gasteiger partial charge >= 0.3 is 0 Å². The molecule has 0 amide bonds. The lowest BCUT2D eigenvalue weighted by molar-refractivity contribution is 0.636. The molecule has 0 aliphatic carbocycles. The van der Waals surface area contributed by atoms with Crippen molar-refractivity contribution >= 4 is 27.3 Å². The first-order valence-corrected chi connectivity index (χ1v) is 6.49. The Bertz CT molecular complexity index is 484. The van der Waals surface area contributed by atoms with E-state index in [4.69, 9.17) is 5.84 Å².